The monoisotopic (exact) mass is 218 g/mol. The third-order valence-electron chi connectivity index (χ3n) is 3.14. The van der Waals surface area contributed by atoms with Crippen LogP contribution >= 0.6 is 0 Å². The summed E-state index contributed by atoms with van der Waals surface area (Å²) in [6.45, 7) is 0. The predicted molar refractivity (Wildman–Crippen MR) is 63.9 cm³/mol. The number of rotatable bonds is 2. The zero-order valence-electron chi connectivity index (χ0n) is 9.41. The van der Waals surface area contributed by atoms with Gasteiger partial charge in [0.05, 0.1) is 5.66 Å². The van der Waals surface area contributed by atoms with Gasteiger partial charge < -0.3 is 11.1 Å². The van der Waals surface area contributed by atoms with E-state index in [4.69, 9.17) is 5.73 Å². The van der Waals surface area contributed by atoms with Crippen LogP contribution in [0.2, 0.25) is 0 Å². The maximum atomic E-state index is 11.9. The number of nitrogens with two attached hydrogens (primary N) is 1. The van der Waals surface area contributed by atoms with Crippen molar-refractivity contribution in [3.63, 3.8) is 0 Å². The van der Waals surface area contributed by atoms with Crippen molar-refractivity contribution in [2.45, 2.75) is 37.8 Å². The van der Waals surface area contributed by atoms with Crippen molar-refractivity contribution in [2.24, 2.45) is 5.73 Å². The molecule has 0 radical (unpaired) electrons. The van der Waals surface area contributed by atoms with Crippen LogP contribution in [0.5, 0.6) is 0 Å². The second-order valence-corrected chi connectivity index (χ2v) is 4.54. The van der Waals surface area contributed by atoms with Gasteiger partial charge in [0.15, 0.2) is 0 Å². The van der Waals surface area contributed by atoms with Gasteiger partial charge in [-0.1, -0.05) is 24.6 Å². The molecular formula is C13H18N2O. The number of carbonyl (C=O) groups excluding carboxylic acids is 1. The van der Waals surface area contributed by atoms with E-state index in [-0.39, 0.29) is 5.91 Å². The molecule has 86 valence electrons. The first kappa shape index (κ1) is 11.1. The highest BCUT2D eigenvalue weighted by molar-refractivity contribution is 5.94. The fraction of sp³-hybridized carbons (Fsp3) is 0.462. The molecule has 1 aromatic rings. The smallest absolute Gasteiger partial charge is 0.252 e. The molecule has 1 aliphatic rings. The Morgan fingerprint density at radius 3 is 2.38 bits per heavy atom. The van der Waals surface area contributed by atoms with Crippen molar-refractivity contribution in [2.75, 3.05) is 0 Å². The van der Waals surface area contributed by atoms with E-state index in [1.165, 1.54) is 6.42 Å². The van der Waals surface area contributed by atoms with Gasteiger partial charge in [0.1, 0.15) is 0 Å². The van der Waals surface area contributed by atoms with Gasteiger partial charge >= 0.3 is 0 Å². The Morgan fingerprint density at radius 2 is 1.75 bits per heavy atom. The minimum atomic E-state index is -0.495. The van der Waals surface area contributed by atoms with Gasteiger partial charge in [-0.25, -0.2) is 0 Å². The summed E-state index contributed by atoms with van der Waals surface area (Å²) in [5, 5.41) is 2.95. The lowest BCUT2D eigenvalue weighted by Gasteiger charge is -2.34. The quantitative estimate of drug-likeness (QED) is 0.746. The molecule has 0 heterocycles. The van der Waals surface area contributed by atoms with Gasteiger partial charge in [0.2, 0.25) is 0 Å². The summed E-state index contributed by atoms with van der Waals surface area (Å²) in [6, 6.07) is 9.23. The van der Waals surface area contributed by atoms with Gasteiger partial charge in [-0.15, -0.1) is 0 Å². The number of hydrogen-bond donors (Lipinski definition) is 2. The van der Waals surface area contributed by atoms with Crippen LogP contribution in [-0.4, -0.2) is 11.6 Å². The van der Waals surface area contributed by atoms with Crippen LogP contribution in [0.15, 0.2) is 30.3 Å². The summed E-state index contributed by atoms with van der Waals surface area (Å²) in [7, 11) is 0. The SMILES string of the molecule is NC1(NC(=O)c2ccccc2)CCCCC1. The molecule has 0 unspecified atom stereocenters. The number of hydrogen-bond acceptors (Lipinski definition) is 2. The maximum absolute atomic E-state index is 11.9. The van der Waals surface area contributed by atoms with E-state index in [2.05, 4.69) is 5.32 Å². The first-order chi connectivity index (χ1) is 7.70. The maximum Gasteiger partial charge on any atom is 0.252 e. The molecule has 0 saturated heterocycles. The van der Waals surface area contributed by atoms with E-state index >= 15 is 0 Å². The fourth-order valence-corrected chi connectivity index (χ4v) is 2.20. The van der Waals surface area contributed by atoms with Crippen LogP contribution < -0.4 is 11.1 Å². The third kappa shape index (κ3) is 2.61. The Morgan fingerprint density at radius 1 is 1.12 bits per heavy atom. The van der Waals surface area contributed by atoms with E-state index in [1.807, 2.05) is 30.3 Å². The molecule has 1 amide bonds. The topological polar surface area (TPSA) is 55.1 Å². The van der Waals surface area contributed by atoms with Crippen LogP contribution in [-0.2, 0) is 0 Å². The molecule has 16 heavy (non-hydrogen) atoms. The zero-order chi connectivity index (χ0) is 11.4. The summed E-state index contributed by atoms with van der Waals surface area (Å²) < 4.78 is 0. The summed E-state index contributed by atoms with van der Waals surface area (Å²) in [5.41, 5.74) is 6.35. The second-order valence-electron chi connectivity index (χ2n) is 4.54. The van der Waals surface area contributed by atoms with E-state index in [0.717, 1.165) is 25.7 Å². The predicted octanol–water partition coefficient (Wildman–Crippen LogP) is 2.04. The summed E-state index contributed by atoms with van der Waals surface area (Å²) in [6.07, 6.45) is 5.19. The molecule has 3 N–H and O–H groups in total. The molecular weight excluding hydrogens is 200 g/mol. The highest BCUT2D eigenvalue weighted by Gasteiger charge is 2.29. The van der Waals surface area contributed by atoms with Crippen LogP contribution in [0.1, 0.15) is 42.5 Å². The highest BCUT2D eigenvalue weighted by Crippen LogP contribution is 2.23. The number of amides is 1. The van der Waals surface area contributed by atoms with E-state index in [9.17, 15) is 4.79 Å². The van der Waals surface area contributed by atoms with E-state index < -0.39 is 5.66 Å². The van der Waals surface area contributed by atoms with Crippen LogP contribution in [0, 0.1) is 0 Å². The average Bonchev–Trinajstić information content (AvgIpc) is 2.30. The molecule has 3 nitrogen and oxygen atoms in total. The summed E-state index contributed by atoms with van der Waals surface area (Å²) in [4.78, 5) is 11.9. The minimum Gasteiger partial charge on any atom is -0.334 e. The summed E-state index contributed by atoms with van der Waals surface area (Å²) in [5.74, 6) is -0.0648. The van der Waals surface area contributed by atoms with Crippen molar-refractivity contribution in [1.29, 1.82) is 0 Å². The summed E-state index contributed by atoms with van der Waals surface area (Å²) >= 11 is 0. The Labute approximate surface area is 96.0 Å². The molecule has 1 aliphatic carbocycles. The van der Waals surface area contributed by atoms with E-state index in [0.29, 0.717) is 5.56 Å². The first-order valence-corrected chi connectivity index (χ1v) is 5.86. The van der Waals surface area contributed by atoms with Crippen molar-refractivity contribution in [3.05, 3.63) is 35.9 Å². The second kappa shape index (κ2) is 4.66. The van der Waals surface area contributed by atoms with Gasteiger partial charge in [-0.05, 0) is 37.8 Å². The molecule has 1 fully saturated rings. The van der Waals surface area contributed by atoms with Crippen molar-refractivity contribution < 1.29 is 4.79 Å². The van der Waals surface area contributed by atoms with Gasteiger partial charge in [0, 0.05) is 5.56 Å². The molecule has 0 atom stereocenters. The van der Waals surface area contributed by atoms with Crippen LogP contribution in [0.4, 0.5) is 0 Å². The normalized spacial score (nSPS) is 19.1. The molecule has 1 saturated carbocycles. The van der Waals surface area contributed by atoms with Gasteiger partial charge in [-0.3, -0.25) is 4.79 Å². The lowest BCUT2D eigenvalue weighted by atomic mass is 9.89. The van der Waals surface area contributed by atoms with Crippen molar-refractivity contribution >= 4 is 5.91 Å². The van der Waals surface area contributed by atoms with Crippen molar-refractivity contribution in [3.8, 4) is 0 Å². The number of nitrogens with one attached hydrogen (secondary N) is 1. The fourth-order valence-electron chi connectivity index (χ4n) is 2.20. The zero-order valence-corrected chi connectivity index (χ0v) is 9.41. The van der Waals surface area contributed by atoms with Crippen molar-refractivity contribution in [1.82, 2.24) is 5.32 Å². The third-order valence-corrected chi connectivity index (χ3v) is 3.14. The molecule has 0 aromatic heterocycles. The van der Waals surface area contributed by atoms with Gasteiger partial charge in [0.25, 0.3) is 5.91 Å². The Balaban J connectivity index is 2.01. The first-order valence-electron chi connectivity index (χ1n) is 5.86. The van der Waals surface area contributed by atoms with Crippen LogP contribution in [0.3, 0.4) is 0 Å². The minimum absolute atomic E-state index is 0.0648. The molecule has 0 aliphatic heterocycles. The molecule has 0 spiro atoms. The van der Waals surface area contributed by atoms with Crippen LogP contribution in [0.25, 0.3) is 0 Å². The largest absolute Gasteiger partial charge is 0.334 e. The Hall–Kier alpha value is -1.35. The lowest BCUT2D eigenvalue weighted by molar-refractivity contribution is 0.0874. The van der Waals surface area contributed by atoms with Gasteiger partial charge in [-0.2, -0.15) is 0 Å². The Bertz CT molecular complexity index is 355. The molecule has 1 aromatic carbocycles. The standard InChI is InChI=1S/C13H18N2O/c14-13(9-5-2-6-10-13)15-12(16)11-7-3-1-4-8-11/h1,3-4,7-8H,2,5-6,9-10,14H2,(H,15,16). The number of benzene rings is 1. The highest BCUT2D eigenvalue weighted by atomic mass is 16.1. The molecule has 3 heteroatoms. The molecule has 2 rings (SSSR count). The average molecular weight is 218 g/mol. The van der Waals surface area contributed by atoms with E-state index in [1.54, 1.807) is 0 Å². The Kier molecular flexibility index (Phi) is 3.25. The number of carbonyl (C=O) groups is 1. The molecule has 0 bridgehead atoms. The lowest BCUT2D eigenvalue weighted by Crippen LogP contribution is -2.56.